The zero-order valence-electron chi connectivity index (χ0n) is 11.3. The molecule has 0 atom stereocenters. The minimum atomic E-state index is -1.15. The van der Waals surface area contributed by atoms with Crippen LogP contribution in [0.5, 0.6) is 11.5 Å². The van der Waals surface area contributed by atoms with Crippen molar-refractivity contribution in [2.24, 2.45) is 0 Å². The molecule has 2 aromatic carbocycles. The molecule has 110 valence electrons. The van der Waals surface area contributed by atoms with Gasteiger partial charge in [0.05, 0.1) is 16.9 Å². The number of aromatic nitrogens is 2. The molecule has 22 heavy (non-hydrogen) atoms. The summed E-state index contributed by atoms with van der Waals surface area (Å²) in [6.45, 7) is 0. The molecule has 0 aliphatic carbocycles. The second kappa shape index (κ2) is 5.91. The molecule has 0 bridgehead atoms. The molecule has 0 radical (unpaired) electrons. The van der Waals surface area contributed by atoms with Crippen LogP contribution in [0.2, 0.25) is 5.02 Å². The number of aromatic carboxylic acids is 1. The van der Waals surface area contributed by atoms with E-state index in [4.69, 9.17) is 16.3 Å². The Hall–Kier alpha value is -2.79. The van der Waals surface area contributed by atoms with Gasteiger partial charge in [-0.2, -0.15) is 5.10 Å². The minimum Gasteiger partial charge on any atom is -0.476 e. The van der Waals surface area contributed by atoms with Crippen molar-refractivity contribution in [2.75, 3.05) is 0 Å². The minimum absolute atomic E-state index is 0.0862. The first-order valence-corrected chi connectivity index (χ1v) is 6.84. The molecule has 6 heteroatoms. The summed E-state index contributed by atoms with van der Waals surface area (Å²) < 4.78 is 6.86. The predicted molar refractivity (Wildman–Crippen MR) is 82.0 cm³/mol. The summed E-state index contributed by atoms with van der Waals surface area (Å²) in [6, 6.07) is 15.8. The summed E-state index contributed by atoms with van der Waals surface area (Å²) in [7, 11) is 0. The van der Waals surface area contributed by atoms with E-state index in [2.05, 4.69) is 5.10 Å². The Morgan fingerprint density at radius 3 is 2.45 bits per heavy atom. The van der Waals surface area contributed by atoms with Gasteiger partial charge < -0.3 is 9.84 Å². The third-order valence-electron chi connectivity index (χ3n) is 2.99. The maximum Gasteiger partial charge on any atom is 0.358 e. The summed E-state index contributed by atoms with van der Waals surface area (Å²) in [4.78, 5) is 11.6. The Morgan fingerprint density at radius 1 is 1.09 bits per heavy atom. The SMILES string of the molecule is O=C(O)c1c(Oc2ccccc2)cnn1-c1ccccc1Cl. The van der Waals surface area contributed by atoms with E-state index in [1.807, 2.05) is 6.07 Å². The number of halogens is 1. The van der Waals surface area contributed by atoms with E-state index < -0.39 is 5.97 Å². The topological polar surface area (TPSA) is 64.3 Å². The summed E-state index contributed by atoms with van der Waals surface area (Å²) in [6.07, 6.45) is 1.36. The Labute approximate surface area is 131 Å². The fourth-order valence-electron chi connectivity index (χ4n) is 2.03. The molecule has 1 aromatic heterocycles. The van der Waals surface area contributed by atoms with Gasteiger partial charge in [0.1, 0.15) is 5.75 Å². The van der Waals surface area contributed by atoms with Crippen LogP contribution in [0.4, 0.5) is 0 Å². The number of ether oxygens (including phenoxy) is 1. The molecule has 0 aliphatic heterocycles. The Balaban J connectivity index is 2.07. The van der Waals surface area contributed by atoms with E-state index in [1.54, 1.807) is 48.5 Å². The number of hydrogen-bond donors (Lipinski definition) is 1. The van der Waals surface area contributed by atoms with Gasteiger partial charge in [0.15, 0.2) is 11.4 Å². The standard InChI is InChI=1S/C16H11ClN2O3/c17-12-8-4-5-9-13(12)19-15(16(20)21)14(10-18-19)22-11-6-2-1-3-7-11/h1-10H,(H,20,21). The van der Waals surface area contributed by atoms with Gasteiger partial charge in [0.25, 0.3) is 0 Å². The van der Waals surface area contributed by atoms with Crippen LogP contribution >= 0.6 is 11.6 Å². The van der Waals surface area contributed by atoms with E-state index in [-0.39, 0.29) is 11.4 Å². The molecule has 0 saturated carbocycles. The average molecular weight is 315 g/mol. The van der Waals surface area contributed by atoms with E-state index >= 15 is 0 Å². The third-order valence-corrected chi connectivity index (χ3v) is 3.31. The lowest BCUT2D eigenvalue weighted by Gasteiger charge is -2.08. The molecular formula is C16H11ClN2O3. The maximum atomic E-state index is 11.6. The average Bonchev–Trinajstić information content (AvgIpc) is 2.92. The molecule has 0 spiro atoms. The Kier molecular flexibility index (Phi) is 3.80. The monoisotopic (exact) mass is 314 g/mol. The van der Waals surface area contributed by atoms with Crippen LogP contribution in [0.3, 0.4) is 0 Å². The quantitative estimate of drug-likeness (QED) is 0.790. The van der Waals surface area contributed by atoms with Crippen molar-refractivity contribution < 1.29 is 14.6 Å². The lowest BCUT2D eigenvalue weighted by molar-refractivity contribution is 0.0684. The lowest BCUT2D eigenvalue weighted by Crippen LogP contribution is -2.09. The lowest BCUT2D eigenvalue weighted by atomic mass is 10.3. The first-order chi connectivity index (χ1) is 10.7. The Bertz CT molecular complexity index is 815. The van der Waals surface area contributed by atoms with Crippen molar-refractivity contribution >= 4 is 17.6 Å². The number of nitrogens with zero attached hydrogens (tertiary/aromatic N) is 2. The first-order valence-electron chi connectivity index (χ1n) is 6.46. The maximum absolute atomic E-state index is 11.6. The van der Waals surface area contributed by atoms with Crippen molar-refractivity contribution in [1.29, 1.82) is 0 Å². The first kappa shape index (κ1) is 14.2. The van der Waals surface area contributed by atoms with Gasteiger partial charge in [-0.3, -0.25) is 0 Å². The highest BCUT2D eigenvalue weighted by Crippen LogP contribution is 2.29. The number of carbonyl (C=O) groups is 1. The van der Waals surface area contributed by atoms with Gasteiger partial charge in [-0.1, -0.05) is 41.9 Å². The number of hydrogen-bond acceptors (Lipinski definition) is 3. The van der Waals surface area contributed by atoms with Crippen molar-refractivity contribution in [2.45, 2.75) is 0 Å². The normalized spacial score (nSPS) is 10.4. The second-order valence-electron chi connectivity index (χ2n) is 4.44. The molecule has 3 aromatic rings. The molecule has 1 N–H and O–H groups in total. The van der Waals surface area contributed by atoms with Crippen molar-refractivity contribution in [3.05, 3.63) is 71.5 Å². The molecule has 1 heterocycles. The summed E-state index contributed by atoms with van der Waals surface area (Å²) in [5.74, 6) is -0.467. The number of carboxylic acids is 1. The number of carboxylic acid groups (broad SMARTS) is 1. The highest BCUT2D eigenvalue weighted by molar-refractivity contribution is 6.32. The summed E-state index contributed by atoms with van der Waals surface area (Å²) in [5, 5.41) is 14.0. The van der Waals surface area contributed by atoms with Gasteiger partial charge in [-0.25, -0.2) is 9.48 Å². The van der Waals surface area contributed by atoms with E-state index in [0.29, 0.717) is 16.5 Å². The predicted octanol–water partition coefficient (Wildman–Crippen LogP) is 4.02. The fourth-order valence-corrected chi connectivity index (χ4v) is 2.24. The van der Waals surface area contributed by atoms with Crippen LogP contribution in [0, 0.1) is 0 Å². The van der Waals surface area contributed by atoms with Gasteiger partial charge in [0, 0.05) is 0 Å². The molecule has 0 saturated heterocycles. The van der Waals surface area contributed by atoms with Gasteiger partial charge >= 0.3 is 5.97 Å². The number of rotatable bonds is 4. The summed E-state index contributed by atoms with van der Waals surface area (Å²) in [5.41, 5.74) is 0.390. The highest BCUT2D eigenvalue weighted by atomic mass is 35.5. The van der Waals surface area contributed by atoms with Gasteiger partial charge in [-0.05, 0) is 24.3 Å². The van der Waals surface area contributed by atoms with Gasteiger partial charge in [-0.15, -0.1) is 0 Å². The van der Waals surface area contributed by atoms with E-state index in [0.717, 1.165) is 0 Å². The highest BCUT2D eigenvalue weighted by Gasteiger charge is 2.22. The number of para-hydroxylation sites is 2. The fraction of sp³-hybridized carbons (Fsp3) is 0. The van der Waals surface area contributed by atoms with Crippen LogP contribution < -0.4 is 4.74 Å². The summed E-state index contributed by atoms with van der Waals surface area (Å²) >= 11 is 6.11. The third kappa shape index (κ3) is 2.66. The van der Waals surface area contributed by atoms with E-state index in [1.165, 1.54) is 10.9 Å². The Morgan fingerprint density at radius 2 is 1.77 bits per heavy atom. The molecule has 0 unspecified atom stereocenters. The van der Waals surface area contributed by atoms with E-state index in [9.17, 15) is 9.90 Å². The molecule has 0 aliphatic rings. The van der Waals surface area contributed by atoms with Crippen LogP contribution in [-0.2, 0) is 0 Å². The second-order valence-corrected chi connectivity index (χ2v) is 4.85. The molecular weight excluding hydrogens is 304 g/mol. The van der Waals surface area contributed by atoms with Crippen LogP contribution in [-0.4, -0.2) is 20.9 Å². The number of benzene rings is 2. The zero-order chi connectivity index (χ0) is 15.5. The van der Waals surface area contributed by atoms with Crippen molar-refractivity contribution in [3.8, 4) is 17.2 Å². The van der Waals surface area contributed by atoms with Crippen molar-refractivity contribution in [3.63, 3.8) is 0 Å². The van der Waals surface area contributed by atoms with Crippen LogP contribution in [0.1, 0.15) is 10.5 Å². The molecule has 0 amide bonds. The smallest absolute Gasteiger partial charge is 0.358 e. The zero-order valence-corrected chi connectivity index (χ0v) is 12.1. The molecule has 5 nitrogen and oxygen atoms in total. The van der Waals surface area contributed by atoms with Crippen molar-refractivity contribution in [1.82, 2.24) is 9.78 Å². The van der Waals surface area contributed by atoms with Gasteiger partial charge in [0.2, 0.25) is 0 Å². The largest absolute Gasteiger partial charge is 0.476 e. The molecule has 3 rings (SSSR count). The molecule has 0 fully saturated rings. The van der Waals surface area contributed by atoms with Crippen LogP contribution in [0.15, 0.2) is 60.8 Å². The van der Waals surface area contributed by atoms with Crippen LogP contribution in [0.25, 0.3) is 5.69 Å².